The van der Waals surface area contributed by atoms with E-state index in [9.17, 15) is 17.6 Å². The monoisotopic (exact) mass is 406 g/mol. The zero-order valence-electron chi connectivity index (χ0n) is 15.0. The molecule has 1 heterocycles. The second-order valence-corrected chi connectivity index (χ2v) is 9.48. The number of carbonyl (C=O) groups excluding carboxylic acids is 1. The molecule has 0 aliphatic carbocycles. The molecule has 0 aliphatic rings. The molecule has 2 aromatic carbocycles. The lowest BCUT2D eigenvalue weighted by atomic mass is 10.1. The number of fused-ring (bicyclic) bond motifs is 1. The predicted molar refractivity (Wildman–Crippen MR) is 105 cm³/mol. The van der Waals surface area contributed by atoms with E-state index >= 15 is 0 Å². The highest BCUT2D eigenvalue weighted by Crippen LogP contribution is 2.29. The summed E-state index contributed by atoms with van der Waals surface area (Å²) < 4.78 is 38.3. The van der Waals surface area contributed by atoms with E-state index in [2.05, 4.69) is 16.4 Å². The number of carbonyl (C=O) groups is 1. The highest BCUT2D eigenvalue weighted by atomic mass is 32.2. The highest BCUT2D eigenvalue weighted by Gasteiger charge is 2.16. The van der Waals surface area contributed by atoms with Crippen molar-refractivity contribution in [2.45, 2.75) is 31.6 Å². The van der Waals surface area contributed by atoms with Gasteiger partial charge in [0, 0.05) is 6.42 Å². The van der Waals surface area contributed by atoms with E-state index < -0.39 is 15.7 Å². The Morgan fingerprint density at radius 3 is 2.59 bits per heavy atom. The summed E-state index contributed by atoms with van der Waals surface area (Å²) >= 11 is 1.40. The minimum absolute atomic E-state index is 0.0568. The van der Waals surface area contributed by atoms with Crippen molar-refractivity contribution in [2.75, 3.05) is 11.1 Å². The van der Waals surface area contributed by atoms with Crippen molar-refractivity contribution in [1.82, 2.24) is 4.98 Å². The fourth-order valence-corrected chi connectivity index (χ4v) is 5.04. The maximum absolute atomic E-state index is 12.9. The van der Waals surface area contributed by atoms with Gasteiger partial charge in [-0.3, -0.25) is 4.79 Å². The van der Waals surface area contributed by atoms with Crippen molar-refractivity contribution < 1.29 is 17.6 Å². The molecule has 1 amide bonds. The van der Waals surface area contributed by atoms with Crippen LogP contribution in [-0.4, -0.2) is 25.1 Å². The molecular weight excluding hydrogens is 387 g/mol. The van der Waals surface area contributed by atoms with Crippen LogP contribution in [0.3, 0.4) is 0 Å². The topological polar surface area (TPSA) is 76.1 Å². The Morgan fingerprint density at radius 1 is 1.19 bits per heavy atom. The molecule has 0 saturated carbocycles. The first-order chi connectivity index (χ1) is 12.7. The average Bonchev–Trinajstić information content (AvgIpc) is 2.97. The number of nitrogens with one attached hydrogen (secondary N) is 1. The number of hydrogen-bond acceptors (Lipinski definition) is 5. The van der Waals surface area contributed by atoms with Gasteiger partial charge in [0.15, 0.2) is 15.0 Å². The van der Waals surface area contributed by atoms with E-state index in [-0.39, 0.29) is 29.4 Å². The minimum Gasteiger partial charge on any atom is -0.302 e. The molecule has 0 saturated heterocycles. The Bertz CT molecular complexity index is 1090. The quantitative estimate of drug-likeness (QED) is 0.621. The van der Waals surface area contributed by atoms with Crippen molar-refractivity contribution in [3.8, 4) is 0 Å². The zero-order chi connectivity index (χ0) is 19.6. The van der Waals surface area contributed by atoms with Gasteiger partial charge in [0.2, 0.25) is 5.91 Å². The maximum atomic E-state index is 12.9. The molecule has 142 valence electrons. The van der Waals surface area contributed by atoms with Crippen molar-refractivity contribution in [3.05, 3.63) is 53.3 Å². The third kappa shape index (κ3) is 4.70. The van der Waals surface area contributed by atoms with Gasteiger partial charge in [0.05, 0.1) is 20.9 Å². The molecule has 3 rings (SSSR count). The van der Waals surface area contributed by atoms with E-state index in [4.69, 9.17) is 0 Å². The first kappa shape index (κ1) is 19.4. The summed E-state index contributed by atoms with van der Waals surface area (Å²) in [5.41, 5.74) is 3.05. The number of rotatable bonds is 6. The SMILES string of the molecule is Cc1cc(C)c2sc(NC(=O)CCCS(=O)(=O)c3ccc(F)cc3)nc2c1. The van der Waals surface area contributed by atoms with E-state index in [0.29, 0.717) is 5.13 Å². The Hall–Kier alpha value is -2.32. The summed E-state index contributed by atoms with van der Waals surface area (Å²) in [6.45, 7) is 3.99. The molecule has 0 aliphatic heterocycles. The second kappa shape index (κ2) is 7.74. The van der Waals surface area contributed by atoms with Crippen molar-refractivity contribution in [1.29, 1.82) is 0 Å². The molecule has 1 N–H and O–H groups in total. The average molecular weight is 407 g/mol. The van der Waals surface area contributed by atoms with Gasteiger partial charge in [-0.05, 0) is 61.7 Å². The molecule has 1 aromatic heterocycles. The summed E-state index contributed by atoms with van der Waals surface area (Å²) in [7, 11) is -3.54. The molecule has 5 nitrogen and oxygen atoms in total. The second-order valence-electron chi connectivity index (χ2n) is 6.37. The smallest absolute Gasteiger partial charge is 0.226 e. The molecular formula is C19H19FN2O3S2. The minimum atomic E-state index is -3.54. The van der Waals surface area contributed by atoms with Crippen molar-refractivity contribution in [3.63, 3.8) is 0 Å². The Kier molecular flexibility index (Phi) is 5.57. The third-order valence-corrected chi connectivity index (χ3v) is 6.99. The summed E-state index contributed by atoms with van der Waals surface area (Å²) in [6.07, 6.45) is 0.239. The van der Waals surface area contributed by atoms with Gasteiger partial charge >= 0.3 is 0 Å². The Morgan fingerprint density at radius 2 is 1.89 bits per heavy atom. The predicted octanol–water partition coefficient (Wildman–Crippen LogP) is 4.24. The normalized spacial score (nSPS) is 11.7. The van der Waals surface area contributed by atoms with Crippen LogP contribution in [0.15, 0.2) is 41.3 Å². The number of amides is 1. The van der Waals surface area contributed by atoms with Crippen LogP contribution in [0.4, 0.5) is 9.52 Å². The standard InChI is InChI=1S/C19H19FN2O3S2/c1-12-10-13(2)18-16(11-12)21-19(26-18)22-17(23)4-3-9-27(24,25)15-7-5-14(20)6-8-15/h5-8,10-11H,3-4,9H2,1-2H3,(H,21,22,23). The lowest BCUT2D eigenvalue weighted by Crippen LogP contribution is -2.14. The highest BCUT2D eigenvalue weighted by molar-refractivity contribution is 7.91. The summed E-state index contributed by atoms with van der Waals surface area (Å²) in [4.78, 5) is 16.6. The molecule has 27 heavy (non-hydrogen) atoms. The fourth-order valence-electron chi connectivity index (χ4n) is 2.79. The van der Waals surface area contributed by atoms with E-state index in [0.717, 1.165) is 33.5 Å². The Balaban J connectivity index is 1.58. The maximum Gasteiger partial charge on any atom is 0.226 e. The van der Waals surface area contributed by atoms with E-state index in [1.165, 1.54) is 23.5 Å². The molecule has 0 radical (unpaired) electrons. The molecule has 8 heteroatoms. The van der Waals surface area contributed by atoms with Crippen LogP contribution in [0.25, 0.3) is 10.2 Å². The van der Waals surface area contributed by atoms with E-state index in [1.807, 2.05) is 19.9 Å². The number of anilines is 1. The largest absolute Gasteiger partial charge is 0.302 e. The van der Waals surface area contributed by atoms with Crippen molar-refractivity contribution in [2.24, 2.45) is 0 Å². The van der Waals surface area contributed by atoms with Gasteiger partial charge in [-0.15, -0.1) is 0 Å². The van der Waals surface area contributed by atoms with Crippen LogP contribution in [-0.2, 0) is 14.6 Å². The van der Waals surface area contributed by atoms with Crippen LogP contribution < -0.4 is 5.32 Å². The number of nitrogens with zero attached hydrogens (tertiary/aromatic N) is 1. The molecule has 3 aromatic rings. The summed E-state index contributed by atoms with van der Waals surface area (Å²) in [6, 6.07) is 8.70. The number of benzene rings is 2. The van der Waals surface area contributed by atoms with Crippen LogP contribution in [0.2, 0.25) is 0 Å². The van der Waals surface area contributed by atoms with E-state index in [1.54, 1.807) is 0 Å². The van der Waals surface area contributed by atoms with Gasteiger partial charge < -0.3 is 5.32 Å². The van der Waals surface area contributed by atoms with Gasteiger partial charge in [-0.25, -0.2) is 17.8 Å². The van der Waals surface area contributed by atoms with Crippen LogP contribution in [0.1, 0.15) is 24.0 Å². The number of sulfone groups is 1. The number of halogens is 1. The van der Waals surface area contributed by atoms with Gasteiger partial charge in [0.25, 0.3) is 0 Å². The molecule has 0 spiro atoms. The molecule has 0 atom stereocenters. The first-order valence-electron chi connectivity index (χ1n) is 8.40. The first-order valence-corrected chi connectivity index (χ1v) is 10.9. The molecule has 0 fully saturated rings. The number of aromatic nitrogens is 1. The fraction of sp³-hybridized carbons (Fsp3) is 0.263. The molecule has 0 bridgehead atoms. The number of aryl methyl sites for hydroxylation is 2. The van der Waals surface area contributed by atoms with Gasteiger partial charge in [-0.1, -0.05) is 17.4 Å². The van der Waals surface area contributed by atoms with Crippen molar-refractivity contribution >= 4 is 42.4 Å². The number of hydrogen-bond donors (Lipinski definition) is 1. The van der Waals surface area contributed by atoms with Crippen LogP contribution >= 0.6 is 11.3 Å². The third-order valence-electron chi connectivity index (χ3n) is 4.06. The van der Waals surface area contributed by atoms with Crippen LogP contribution in [0, 0.1) is 19.7 Å². The lowest BCUT2D eigenvalue weighted by Gasteiger charge is -2.04. The van der Waals surface area contributed by atoms with Gasteiger partial charge in [-0.2, -0.15) is 0 Å². The Labute approximate surface area is 161 Å². The lowest BCUT2D eigenvalue weighted by molar-refractivity contribution is -0.116. The summed E-state index contributed by atoms with van der Waals surface area (Å²) in [5, 5.41) is 3.24. The molecule has 0 unspecified atom stereocenters. The van der Waals surface area contributed by atoms with Crippen LogP contribution in [0.5, 0.6) is 0 Å². The van der Waals surface area contributed by atoms with Gasteiger partial charge in [0.1, 0.15) is 5.82 Å². The summed E-state index contributed by atoms with van der Waals surface area (Å²) in [5.74, 6) is -0.947. The zero-order valence-corrected chi connectivity index (χ0v) is 16.6. The number of thiazole rings is 1.